The van der Waals surface area contributed by atoms with Gasteiger partial charge in [0.1, 0.15) is 6.29 Å². The number of rotatable bonds is 7. The van der Waals surface area contributed by atoms with Gasteiger partial charge in [-0.25, -0.2) is 0 Å². The molecule has 146 valence electrons. The average molecular weight is 382 g/mol. The number of carbonyl (C=O) groups excluding carboxylic acids is 2. The Labute approximate surface area is 163 Å². The number of aldehydes is 1. The molecule has 28 heavy (non-hydrogen) atoms. The number of carbonyl (C=O) groups is 2. The van der Waals surface area contributed by atoms with Gasteiger partial charge in [0, 0.05) is 24.7 Å². The lowest BCUT2D eigenvalue weighted by Gasteiger charge is -2.32. The summed E-state index contributed by atoms with van der Waals surface area (Å²) in [5, 5.41) is 11.1. The van der Waals surface area contributed by atoms with Crippen LogP contribution in [-0.2, 0) is 11.2 Å². The maximum Gasteiger partial charge on any atom is 0.311 e. The minimum atomic E-state index is -0.623. The van der Waals surface area contributed by atoms with Gasteiger partial charge in [0.2, 0.25) is 0 Å². The number of likely N-dealkylation sites (tertiary alicyclic amines) is 1. The maximum absolute atomic E-state index is 12.4. The molecular formula is C21H22N2O5. The molecule has 1 amide bonds. The lowest BCUT2D eigenvalue weighted by Crippen LogP contribution is -2.41. The molecule has 3 rings (SSSR count). The molecule has 0 aliphatic carbocycles. The van der Waals surface area contributed by atoms with Crippen molar-refractivity contribution in [3.8, 4) is 5.75 Å². The van der Waals surface area contributed by atoms with Gasteiger partial charge in [0.05, 0.1) is 4.92 Å². The number of piperidine rings is 1. The molecule has 0 atom stereocenters. The van der Waals surface area contributed by atoms with Crippen LogP contribution in [-0.4, -0.2) is 41.7 Å². The Bertz CT molecular complexity index is 845. The van der Waals surface area contributed by atoms with Crippen LogP contribution in [0.3, 0.4) is 0 Å². The lowest BCUT2D eigenvalue weighted by molar-refractivity contribution is -0.385. The molecule has 1 heterocycles. The molecule has 0 saturated carbocycles. The smallest absolute Gasteiger partial charge is 0.311 e. The van der Waals surface area contributed by atoms with Crippen LogP contribution in [0.1, 0.15) is 28.8 Å². The summed E-state index contributed by atoms with van der Waals surface area (Å²) in [6, 6.07) is 14.2. The highest BCUT2D eigenvalue weighted by molar-refractivity contribution is 5.79. The summed E-state index contributed by atoms with van der Waals surface area (Å²) < 4.78 is 5.39. The molecule has 1 aliphatic rings. The minimum absolute atomic E-state index is 0.0112. The Kier molecular flexibility index (Phi) is 6.37. The number of nitro groups is 1. The summed E-state index contributed by atoms with van der Waals surface area (Å²) in [6.45, 7) is 1.06. The first-order chi connectivity index (χ1) is 13.6. The van der Waals surface area contributed by atoms with Crippen molar-refractivity contribution in [3.63, 3.8) is 0 Å². The molecule has 0 spiro atoms. The first kappa shape index (κ1) is 19.5. The third kappa shape index (κ3) is 4.94. The molecule has 7 nitrogen and oxygen atoms in total. The summed E-state index contributed by atoms with van der Waals surface area (Å²) in [4.78, 5) is 35.5. The van der Waals surface area contributed by atoms with E-state index in [0.717, 1.165) is 25.3 Å². The summed E-state index contributed by atoms with van der Waals surface area (Å²) in [7, 11) is 0. The van der Waals surface area contributed by atoms with Crippen LogP contribution >= 0.6 is 0 Å². The van der Waals surface area contributed by atoms with Crippen molar-refractivity contribution < 1.29 is 19.2 Å². The van der Waals surface area contributed by atoms with E-state index in [9.17, 15) is 19.7 Å². The molecule has 0 N–H and O–H groups in total. The second-order valence-electron chi connectivity index (χ2n) is 6.90. The zero-order valence-electron chi connectivity index (χ0n) is 15.5. The molecule has 1 fully saturated rings. The maximum atomic E-state index is 12.4. The standard InChI is InChI=1S/C21H22N2O5/c24-14-18-6-7-20(19(13-18)23(26)27)28-15-21(25)22-10-8-17(9-11-22)12-16-4-2-1-3-5-16/h1-7,13-14,17H,8-12,15H2. The number of hydrogen-bond acceptors (Lipinski definition) is 5. The van der Waals surface area contributed by atoms with E-state index in [1.54, 1.807) is 4.90 Å². The highest BCUT2D eigenvalue weighted by Crippen LogP contribution is 2.28. The van der Waals surface area contributed by atoms with Crippen LogP contribution in [0, 0.1) is 16.0 Å². The van der Waals surface area contributed by atoms with Crippen LogP contribution in [0.25, 0.3) is 0 Å². The van der Waals surface area contributed by atoms with E-state index < -0.39 is 4.92 Å². The number of ether oxygens (including phenoxy) is 1. The highest BCUT2D eigenvalue weighted by atomic mass is 16.6. The van der Waals surface area contributed by atoms with E-state index in [0.29, 0.717) is 25.3 Å². The normalized spacial score (nSPS) is 14.5. The minimum Gasteiger partial charge on any atom is -0.477 e. The third-order valence-corrected chi connectivity index (χ3v) is 5.00. The fraction of sp³-hybridized carbons (Fsp3) is 0.333. The lowest BCUT2D eigenvalue weighted by atomic mass is 9.90. The number of hydrogen-bond donors (Lipinski definition) is 0. The van der Waals surface area contributed by atoms with Gasteiger partial charge in [-0.05, 0) is 42.9 Å². The van der Waals surface area contributed by atoms with Gasteiger partial charge < -0.3 is 9.64 Å². The Balaban J connectivity index is 1.51. The van der Waals surface area contributed by atoms with Crippen LogP contribution in [0.15, 0.2) is 48.5 Å². The number of amides is 1. The number of nitro benzene ring substituents is 1. The van der Waals surface area contributed by atoms with Gasteiger partial charge in [0.25, 0.3) is 5.91 Å². The molecule has 0 unspecified atom stereocenters. The van der Waals surface area contributed by atoms with E-state index in [1.165, 1.54) is 17.7 Å². The second kappa shape index (κ2) is 9.12. The van der Waals surface area contributed by atoms with Crippen molar-refractivity contribution >= 4 is 17.9 Å². The third-order valence-electron chi connectivity index (χ3n) is 5.00. The first-order valence-corrected chi connectivity index (χ1v) is 9.25. The summed E-state index contributed by atoms with van der Waals surface area (Å²) in [5.74, 6) is 0.346. The first-order valence-electron chi connectivity index (χ1n) is 9.25. The van der Waals surface area contributed by atoms with Gasteiger partial charge >= 0.3 is 5.69 Å². The van der Waals surface area contributed by atoms with E-state index in [2.05, 4.69) is 12.1 Å². The molecule has 0 aromatic heterocycles. The van der Waals surface area contributed by atoms with Gasteiger partial charge in [-0.3, -0.25) is 19.7 Å². The van der Waals surface area contributed by atoms with Crippen molar-refractivity contribution in [3.05, 3.63) is 69.8 Å². The van der Waals surface area contributed by atoms with Gasteiger partial charge in [-0.15, -0.1) is 0 Å². The Morgan fingerprint density at radius 1 is 1.18 bits per heavy atom. The largest absolute Gasteiger partial charge is 0.477 e. The SMILES string of the molecule is O=Cc1ccc(OCC(=O)N2CCC(Cc3ccccc3)CC2)c([N+](=O)[O-])c1. The van der Waals surface area contributed by atoms with Gasteiger partial charge in [0.15, 0.2) is 12.4 Å². The summed E-state index contributed by atoms with van der Waals surface area (Å²) >= 11 is 0. The van der Waals surface area contributed by atoms with E-state index in [1.807, 2.05) is 18.2 Å². The van der Waals surface area contributed by atoms with Crippen LogP contribution in [0.5, 0.6) is 5.75 Å². The fourth-order valence-electron chi connectivity index (χ4n) is 3.44. The topological polar surface area (TPSA) is 89.8 Å². The summed E-state index contributed by atoms with van der Waals surface area (Å²) in [5.41, 5.74) is 1.17. The monoisotopic (exact) mass is 382 g/mol. The molecule has 0 radical (unpaired) electrons. The molecule has 0 bridgehead atoms. The van der Waals surface area contributed by atoms with Crippen LogP contribution in [0.4, 0.5) is 5.69 Å². The van der Waals surface area contributed by atoms with Gasteiger partial charge in [-0.1, -0.05) is 30.3 Å². The molecule has 7 heteroatoms. The zero-order chi connectivity index (χ0) is 19.9. The van der Waals surface area contributed by atoms with E-state index >= 15 is 0 Å². The second-order valence-corrected chi connectivity index (χ2v) is 6.90. The fourth-order valence-corrected chi connectivity index (χ4v) is 3.44. The highest BCUT2D eigenvalue weighted by Gasteiger charge is 2.24. The Hall–Kier alpha value is -3.22. The zero-order valence-corrected chi connectivity index (χ0v) is 15.5. The Morgan fingerprint density at radius 3 is 2.54 bits per heavy atom. The van der Waals surface area contributed by atoms with Crippen molar-refractivity contribution in [2.45, 2.75) is 19.3 Å². The van der Waals surface area contributed by atoms with Crippen LogP contribution in [0.2, 0.25) is 0 Å². The quantitative estimate of drug-likeness (QED) is 0.416. The average Bonchev–Trinajstić information content (AvgIpc) is 2.73. The van der Waals surface area contributed by atoms with E-state index in [-0.39, 0.29) is 29.5 Å². The predicted octanol–water partition coefficient (Wildman–Crippen LogP) is 3.27. The summed E-state index contributed by atoms with van der Waals surface area (Å²) in [6.07, 6.45) is 3.39. The number of nitrogens with zero attached hydrogens (tertiary/aromatic N) is 2. The van der Waals surface area contributed by atoms with E-state index in [4.69, 9.17) is 4.74 Å². The molecule has 2 aromatic rings. The van der Waals surface area contributed by atoms with Crippen molar-refractivity contribution in [1.82, 2.24) is 4.90 Å². The van der Waals surface area contributed by atoms with Crippen molar-refractivity contribution in [2.24, 2.45) is 5.92 Å². The van der Waals surface area contributed by atoms with Crippen molar-refractivity contribution in [2.75, 3.05) is 19.7 Å². The van der Waals surface area contributed by atoms with Crippen LogP contribution < -0.4 is 4.74 Å². The molecular weight excluding hydrogens is 360 g/mol. The Morgan fingerprint density at radius 2 is 1.89 bits per heavy atom. The predicted molar refractivity (Wildman–Crippen MR) is 103 cm³/mol. The molecule has 1 saturated heterocycles. The molecule has 1 aliphatic heterocycles. The molecule has 2 aromatic carbocycles. The van der Waals surface area contributed by atoms with Gasteiger partial charge in [-0.2, -0.15) is 0 Å². The van der Waals surface area contributed by atoms with Crippen molar-refractivity contribution in [1.29, 1.82) is 0 Å². The number of benzene rings is 2.